The standard InChI is InChI=1S/C21H25N5O/c27-21(23-9-7-18-15-24-20-6-2-1-5-19(18)20)26-12-10-25(11-13-26)16-17-4-3-8-22-14-17/h1-6,8,14-15,24H,7,9-13,16H2,(H,23,27). The first-order valence-corrected chi connectivity index (χ1v) is 9.48. The number of urea groups is 1. The predicted molar refractivity (Wildman–Crippen MR) is 106 cm³/mol. The van der Waals surface area contributed by atoms with Crippen molar-refractivity contribution in [3.05, 3.63) is 66.1 Å². The zero-order chi connectivity index (χ0) is 18.5. The van der Waals surface area contributed by atoms with Crippen LogP contribution in [0.2, 0.25) is 0 Å². The molecule has 0 saturated carbocycles. The first-order valence-electron chi connectivity index (χ1n) is 9.48. The molecule has 0 bridgehead atoms. The van der Waals surface area contributed by atoms with Gasteiger partial charge in [0.1, 0.15) is 0 Å². The lowest BCUT2D eigenvalue weighted by Crippen LogP contribution is -2.51. The molecule has 0 atom stereocenters. The fraction of sp³-hybridized carbons (Fsp3) is 0.333. The second kappa shape index (κ2) is 8.22. The van der Waals surface area contributed by atoms with Crippen LogP contribution in [0.4, 0.5) is 4.79 Å². The van der Waals surface area contributed by atoms with Crippen LogP contribution in [0.15, 0.2) is 55.0 Å². The van der Waals surface area contributed by atoms with Crippen LogP contribution in [0.25, 0.3) is 10.9 Å². The van der Waals surface area contributed by atoms with Gasteiger partial charge in [-0.2, -0.15) is 0 Å². The van der Waals surface area contributed by atoms with E-state index in [0.717, 1.165) is 44.7 Å². The number of hydrogen-bond acceptors (Lipinski definition) is 3. The van der Waals surface area contributed by atoms with E-state index in [1.807, 2.05) is 35.5 Å². The first kappa shape index (κ1) is 17.5. The van der Waals surface area contributed by atoms with Crippen molar-refractivity contribution < 1.29 is 4.79 Å². The molecule has 0 aliphatic carbocycles. The maximum atomic E-state index is 12.4. The van der Waals surface area contributed by atoms with Gasteiger partial charge in [-0.25, -0.2) is 4.79 Å². The molecule has 3 heterocycles. The van der Waals surface area contributed by atoms with Gasteiger partial charge in [0.2, 0.25) is 0 Å². The fourth-order valence-electron chi connectivity index (χ4n) is 3.61. The number of rotatable bonds is 5. The number of piperazine rings is 1. The number of H-pyrrole nitrogens is 1. The summed E-state index contributed by atoms with van der Waals surface area (Å²) in [6.45, 7) is 4.86. The van der Waals surface area contributed by atoms with Crippen molar-refractivity contribution in [3.8, 4) is 0 Å². The Hall–Kier alpha value is -2.86. The molecule has 3 aromatic rings. The Morgan fingerprint density at radius 2 is 1.96 bits per heavy atom. The number of fused-ring (bicyclic) bond motifs is 1. The van der Waals surface area contributed by atoms with Gasteiger partial charge in [0.15, 0.2) is 0 Å². The highest BCUT2D eigenvalue weighted by atomic mass is 16.2. The van der Waals surface area contributed by atoms with E-state index in [0.29, 0.717) is 6.54 Å². The summed E-state index contributed by atoms with van der Waals surface area (Å²) in [6.07, 6.45) is 6.57. The lowest BCUT2D eigenvalue weighted by atomic mass is 10.1. The highest BCUT2D eigenvalue weighted by molar-refractivity contribution is 5.83. The second-order valence-corrected chi connectivity index (χ2v) is 6.97. The van der Waals surface area contributed by atoms with Gasteiger partial charge in [-0.05, 0) is 29.7 Å². The Morgan fingerprint density at radius 1 is 1.11 bits per heavy atom. The van der Waals surface area contributed by atoms with Crippen molar-refractivity contribution in [3.63, 3.8) is 0 Å². The molecule has 6 nitrogen and oxygen atoms in total. The Labute approximate surface area is 159 Å². The molecule has 0 unspecified atom stereocenters. The molecule has 4 rings (SSSR count). The Kier molecular flexibility index (Phi) is 5.34. The molecule has 2 N–H and O–H groups in total. The van der Waals surface area contributed by atoms with Crippen LogP contribution in [-0.2, 0) is 13.0 Å². The third-order valence-corrected chi connectivity index (χ3v) is 5.13. The third-order valence-electron chi connectivity index (χ3n) is 5.13. The van der Waals surface area contributed by atoms with Crippen molar-refractivity contribution in [2.75, 3.05) is 32.7 Å². The zero-order valence-electron chi connectivity index (χ0n) is 15.4. The number of carbonyl (C=O) groups is 1. The number of nitrogens with one attached hydrogen (secondary N) is 2. The molecule has 1 saturated heterocycles. The van der Waals surface area contributed by atoms with Crippen LogP contribution in [0.5, 0.6) is 0 Å². The van der Waals surface area contributed by atoms with E-state index in [1.54, 1.807) is 6.20 Å². The van der Waals surface area contributed by atoms with Crippen molar-refractivity contribution in [1.29, 1.82) is 0 Å². The van der Waals surface area contributed by atoms with Gasteiger partial charge in [-0.3, -0.25) is 9.88 Å². The molecule has 2 amide bonds. The van der Waals surface area contributed by atoms with E-state index in [2.05, 4.69) is 38.4 Å². The number of carbonyl (C=O) groups excluding carboxylic acids is 1. The Bertz CT molecular complexity index is 884. The second-order valence-electron chi connectivity index (χ2n) is 6.97. The largest absolute Gasteiger partial charge is 0.361 e. The number of nitrogens with zero attached hydrogens (tertiary/aromatic N) is 3. The minimum atomic E-state index is 0.0378. The van der Waals surface area contributed by atoms with Gasteiger partial charge in [0.05, 0.1) is 0 Å². The Balaban J connectivity index is 1.21. The molecule has 1 aromatic carbocycles. The van der Waals surface area contributed by atoms with Crippen LogP contribution in [-0.4, -0.2) is 58.5 Å². The molecule has 2 aromatic heterocycles. The number of pyridine rings is 1. The van der Waals surface area contributed by atoms with Gasteiger partial charge in [0.25, 0.3) is 0 Å². The van der Waals surface area contributed by atoms with Crippen LogP contribution >= 0.6 is 0 Å². The summed E-state index contributed by atoms with van der Waals surface area (Å²) < 4.78 is 0. The molecular weight excluding hydrogens is 338 g/mol. The van der Waals surface area contributed by atoms with Crippen molar-refractivity contribution in [2.24, 2.45) is 0 Å². The highest BCUT2D eigenvalue weighted by Gasteiger charge is 2.20. The summed E-state index contributed by atoms with van der Waals surface area (Å²) in [5.74, 6) is 0. The quantitative estimate of drug-likeness (QED) is 0.732. The zero-order valence-corrected chi connectivity index (χ0v) is 15.4. The van der Waals surface area contributed by atoms with E-state index >= 15 is 0 Å². The van der Waals surface area contributed by atoms with E-state index in [1.165, 1.54) is 16.5 Å². The van der Waals surface area contributed by atoms with Gasteiger partial charge >= 0.3 is 6.03 Å². The summed E-state index contributed by atoms with van der Waals surface area (Å²) in [4.78, 5) is 24.2. The average Bonchev–Trinajstić information content (AvgIpc) is 3.12. The lowest BCUT2D eigenvalue weighted by Gasteiger charge is -2.34. The summed E-state index contributed by atoms with van der Waals surface area (Å²) in [6, 6.07) is 12.4. The molecule has 6 heteroatoms. The smallest absolute Gasteiger partial charge is 0.317 e. The first-order chi connectivity index (χ1) is 13.3. The minimum Gasteiger partial charge on any atom is -0.361 e. The summed E-state index contributed by atoms with van der Waals surface area (Å²) in [7, 11) is 0. The monoisotopic (exact) mass is 363 g/mol. The maximum absolute atomic E-state index is 12.4. The Morgan fingerprint density at radius 3 is 2.78 bits per heavy atom. The minimum absolute atomic E-state index is 0.0378. The van der Waals surface area contributed by atoms with E-state index in [-0.39, 0.29) is 6.03 Å². The van der Waals surface area contributed by atoms with Gasteiger partial charge < -0.3 is 15.2 Å². The highest BCUT2D eigenvalue weighted by Crippen LogP contribution is 2.17. The van der Waals surface area contributed by atoms with Crippen molar-refractivity contribution >= 4 is 16.9 Å². The average molecular weight is 363 g/mol. The van der Waals surface area contributed by atoms with Gasteiger partial charge in [0, 0.05) is 68.8 Å². The van der Waals surface area contributed by atoms with Crippen LogP contribution < -0.4 is 5.32 Å². The predicted octanol–water partition coefficient (Wildman–Crippen LogP) is 2.63. The summed E-state index contributed by atoms with van der Waals surface area (Å²) >= 11 is 0. The van der Waals surface area contributed by atoms with Crippen LogP contribution in [0, 0.1) is 0 Å². The van der Waals surface area contributed by atoms with E-state index in [9.17, 15) is 4.79 Å². The fourth-order valence-corrected chi connectivity index (χ4v) is 3.61. The summed E-state index contributed by atoms with van der Waals surface area (Å²) in [5, 5.41) is 4.30. The number of aromatic amines is 1. The number of para-hydroxylation sites is 1. The van der Waals surface area contributed by atoms with Crippen molar-refractivity contribution in [1.82, 2.24) is 25.1 Å². The number of hydrogen-bond donors (Lipinski definition) is 2. The number of amides is 2. The number of benzene rings is 1. The molecule has 1 aliphatic rings. The van der Waals surface area contributed by atoms with Gasteiger partial charge in [-0.1, -0.05) is 24.3 Å². The molecular formula is C21H25N5O. The maximum Gasteiger partial charge on any atom is 0.317 e. The molecule has 0 spiro atoms. The van der Waals surface area contributed by atoms with E-state index in [4.69, 9.17) is 0 Å². The number of aromatic nitrogens is 2. The van der Waals surface area contributed by atoms with Crippen molar-refractivity contribution in [2.45, 2.75) is 13.0 Å². The molecule has 1 aliphatic heterocycles. The lowest BCUT2D eigenvalue weighted by molar-refractivity contribution is 0.135. The topological polar surface area (TPSA) is 64.3 Å². The summed E-state index contributed by atoms with van der Waals surface area (Å²) in [5.41, 5.74) is 3.60. The molecule has 27 heavy (non-hydrogen) atoms. The third kappa shape index (κ3) is 4.28. The SMILES string of the molecule is O=C(NCCc1c[nH]c2ccccc12)N1CCN(Cc2cccnc2)CC1. The molecule has 1 fully saturated rings. The van der Waals surface area contributed by atoms with E-state index < -0.39 is 0 Å². The van der Waals surface area contributed by atoms with Crippen LogP contribution in [0.1, 0.15) is 11.1 Å². The molecule has 140 valence electrons. The molecule has 0 radical (unpaired) electrons. The normalized spacial score (nSPS) is 15.2. The van der Waals surface area contributed by atoms with Crippen LogP contribution in [0.3, 0.4) is 0 Å². The van der Waals surface area contributed by atoms with Gasteiger partial charge in [-0.15, -0.1) is 0 Å².